The summed E-state index contributed by atoms with van der Waals surface area (Å²) in [5.41, 5.74) is -0.780. The minimum absolute atomic E-state index is 0.175. The lowest BCUT2D eigenvalue weighted by atomic mass is 10.2. The SMILES string of the molecule is CCOC(=O)COC(=O)C(C)Oc1cccc(Oc2ccc(C(F)(F)F)cc2)c1. The molecule has 156 valence electrons. The van der Waals surface area contributed by atoms with Gasteiger partial charge in [0.25, 0.3) is 0 Å². The Labute approximate surface area is 165 Å². The molecule has 0 bridgehead atoms. The second-order valence-corrected chi connectivity index (χ2v) is 5.77. The second-order valence-electron chi connectivity index (χ2n) is 5.77. The molecule has 2 aromatic rings. The maximum atomic E-state index is 12.6. The molecule has 0 saturated heterocycles. The Kier molecular flexibility index (Phi) is 7.46. The van der Waals surface area contributed by atoms with Gasteiger partial charge in [0.2, 0.25) is 0 Å². The highest BCUT2D eigenvalue weighted by Crippen LogP contribution is 2.32. The molecule has 6 nitrogen and oxygen atoms in total. The van der Waals surface area contributed by atoms with E-state index in [9.17, 15) is 22.8 Å². The summed E-state index contributed by atoms with van der Waals surface area (Å²) in [7, 11) is 0. The molecule has 0 aliphatic heterocycles. The highest BCUT2D eigenvalue weighted by molar-refractivity contribution is 5.79. The summed E-state index contributed by atoms with van der Waals surface area (Å²) >= 11 is 0. The molecule has 0 fully saturated rings. The standard InChI is InChI=1S/C20H19F3O6/c1-3-26-18(24)12-27-19(25)13(2)28-16-5-4-6-17(11-16)29-15-9-7-14(8-10-15)20(21,22)23/h4-11,13H,3,12H2,1-2H3. The number of benzene rings is 2. The van der Waals surface area contributed by atoms with Crippen LogP contribution in [0, 0.1) is 0 Å². The van der Waals surface area contributed by atoms with Crippen LogP contribution in [0.2, 0.25) is 0 Å². The number of carbonyl (C=O) groups is 2. The van der Waals surface area contributed by atoms with E-state index in [2.05, 4.69) is 4.74 Å². The molecule has 2 rings (SSSR count). The Hall–Kier alpha value is -3.23. The molecule has 0 N–H and O–H groups in total. The lowest BCUT2D eigenvalue weighted by molar-refractivity contribution is -0.162. The lowest BCUT2D eigenvalue weighted by Crippen LogP contribution is -2.28. The first kappa shape index (κ1) is 22.1. The second kappa shape index (κ2) is 9.81. The molecule has 1 atom stereocenters. The predicted molar refractivity (Wildman–Crippen MR) is 95.6 cm³/mol. The number of hydrogen-bond acceptors (Lipinski definition) is 6. The van der Waals surface area contributed by atoms with Crippen molar-refractivity contribution in [3.8, 4) is 17.2 Å². The van der Waals surface area contributed by atoms with Gasteiger partial charge in [-0.05, 0) is 50.2 Å². The van der Waals surface area contributed by atoms with Gasteiger partial charge in [-0.15, -0.1) is 0 Å². The zero-order valence-electron chi connectivity index (χ0n) is 15.7. The van der Waals surface area contributed by atoms with Crippen LogP contribution in [0.25, 0.3) is 0 Å². The Morgan fingerprint density at radius 1 is 0.966 bits per heavy atom. The van der Waals surface area contributed by atoms with Crippen LogP contribution in [-0.2, 0) is 25.2 Å². The molecular weight excluding hydrogens is 393 g/mol. The van der Waals surface area contributed by atoms with Crippen molar-refractivity contribution >= 4 is 11.9 Å². The number of carbonyl (C=O) groups excluding carboxylic acids is 2. The molecule has 0 heterocycles. The zero-order chi connectivity index (χ0) is 21.4. The van der Waals surface area contributed by atoms with E-state index < -0.39 is 36.4 Å². The summed E-state index contributed by atoms with van der Waals surface area (Å²) in [5.74, 6) is -0.645. The smallest absolute Gasteiger partial charge is 0.416 e. The number of rotatable bonds is 8. The third-order valence-corrected chi connectivity index (χ3v) is 3.51. The van der Waals surface area contributed by atoms with E-state index >= 15 is 0 Å². The molecule has 0 radical (unpaired) electrons. The van der Waals surface area contributed by atoms with Crippen LogP contribution < -0.4 is 9.47 Å². The van der Waals surface area contributed by atoms with E-state index in [1.54, 1.807) is 25.1 Å². The van der Waals surface area contributed by atoms with Gasteiger partial charge in [-0.25, -0.2) is 9.59 Å². The van der Waals surface area contributed by atoms with Crippen LogP contribution in [0.4, 0.5) is 13.2 Å². The summed E-state index contributed by atoms with van der Waals surface area (Å²) < 4.78 is 58.2. The number of alkyl halides is 3. The summed E-state index contributed by atoms with van der Waals surface area (Å²) in [4.78, 5) is 23.1. The van der Waals surface area contributed by atoms with Gasteiger partial charge >= 0.3 is 18.1 Å². The number of esters is 2. The van der Waals surface area contributed by atoms with Crippen molar-refractivity contribution in [2.45, 2.75) is 26.1 Å². The van der Waals surface area contributed by atoms with Crippen LogP contribution in [-0.4, -0.2) is 31.3 Å². The molecule has 9 heteroatoms. The molecular formula is C20H19F3O6. The van der Waals surface area contributed by atoms with Crippen LogP contribution >= 0.6 is 0 Å². The van der Waals surface area contributed by atoms with Gasteiger partial charge in [0.05, 0.1) is 12.2 Å². The van der Waals surface area contributed by atoms with Gasteiger partial charge < -0.3 is 18.9 Å². The minimum atomic E-state index is -4.43. The van der Waals surface area contributed by atoms with E-state index in [0.29, 0.717) is 5.75 Å². The van der Waals surface area contributed by atoms with Crippen molar-refractivity contribution in [2.75, 3.05) is 13.2 Å². The Morgan fingerprint density at radius 3 is 2.24 bits per heavy atom. The molecule has 0 aromatic heterocycles. The first-order valence-electron chi connectivity index (χ1n) is 8.63. The summed E-state index contributed by atoms with van der Waals surface area (Å²) in [5, 5.41) is 0. The quantitative estimate of drug-likeness (QED) is 0.600. The minimum Gasteiger partial charge on any atom is -0.479 e. The van der Waals surface area contributed by atoms with Crippen molar-refractivity contribution < 1.29 is 41.7 Å². The van der Waals surface area contributed by atoms with Crippen molar-refractivity contribution in [1.82, 2.24) is 0 Å². The van der Waals surface area contributed by atoms with Crippen molar-refractivity contribution in [1.29, 1.82) is 0 Å². The van der Waals surface area contributed by atoms with E-state index in [1.807, 2.05) is 0 Å². The van der Waals surface area contributed by atoms with Crippen molar-refractivity contribution in [3.63, 3.8) is 0 Å². The van der Waals surface area contributed by atoms with Gasteiger partial charge in [-0.2, -0.15) is 13.2 Å². The first-order valence-corrected chi connectivity index (χ1v) is 8.63. The topological polar surface area (TPSA) is 71.1 Å². The molecule has 2 aromatic carbocycles. The van der Waals surface area contributed by atoms with E-state index in [-0.39, 0.29) is 18.1 Å². The summed E-state index contributed by atoms with van der Waals surface area (Å²) in [6.07, 6.45) is -5.43. The fourth-order valence-corrected chi connectivity index (χ4v) is 2.16. The third-order valence-electron chi connectivity index (χ3n) is 3.51. The normalized spacial score (nSPS) is 12.0. The Morgan fingerprint density at radius 2 is 1.62 bits per heavy atom. The zero-order valence-corrected chi connectivity index (χ0v) is 15.7. The largest absolute Gasteiger partial charge is 0.479 e. The van der Waals surface area contributed by atoms with Crippen LogP contribution in [0.3, 0.4) is 0 Å². The Balaban J connectivity index is 1.95. The third kappa shape index (κ3) is 7.02. The maximum absolute atomic E-state index is 12.6. The van der Waals surface area contributed by atoms with Gasteiger partial charge in [0.1, 0.15) is 17.2 Å². The van der Waals surface area contributed by atoms with E-state index in [4.69, 9.17) is 14.2 Å². The first-order chi connectivity index (χ1) is 13.7. The summed E-state index contributed by atoms with van der Waals surface area (Å²) in [6, 6.07) is 10.4. The van der Waals surface area contributed by atoms with Crippen LogP contribution in [0.15, 0.2) is 48.5 Å². The van der Waals surface area contributed by atoms with Crippen LogP contribution in [0.1, 0.15) is 19.4 Å². The van der Waals surface area contributed by atoms with Gasteiger partial charge in [0.15, 0.2) is 12.7 Å². The average molecular weight is 412 g/mol. The molecule has 0 spiro atoms. The number of hydrogen-bond donors (Lipinski definition) is 0. The molecule has 0 aliphatic rings. The highest BCUT2D eigenvalue weighted by Gasteiger charge is 2.30. The predicted octanol–water partition coefficient (Wildman–Crippen LogP) is 4.37. The fourth-order valence-electron chi connectivity index (χ4n) is 2.16. The van der Waals surface area contributed by atoms with Gasteiger partial charge in [-0.3, -0.25) is 0 Å². The number of ether oxygens (including phenoxy) is 4. The van der Waals surface area contributed by atoms with Gasteiger partial charge in [-0.1, -0.05) is 6.07 Å². The number of halogens is 3. The summed E-state index contributed by atoms with van der Waals surface area (Å²) in [6.45, 7) is 2.73. The molecule has 1 unspecified atom stereocenters. The van der Waals surface area contributed by atoms with E-state index in [0.717, 1.165) is 12.1 Å². The molecule has 0 aliphatic carbocycles. The van der Waals surface area contributed by atoms with Gasteiger partial charge in [0, 0.05) is 6.07 Å². The average Bonchev–Trinajstić information content (AvgIpc) is 2.66. The molecule has 29 heavy (non-hydrogen) atoms. The fraction of sp³-hybridized carbons (Fsp3) is 0.300. The highest BCUT2D eigenvalue weighted by atomic mass is 19.4. The molecule has 0 amide bonds. The maximum Gasteiger partial charge on any atom is 0.416 e. The van der Waals surface area contributed by atoms with Crippen molar-refractivity contribution in [3.05, 3.63) is 54.1 Å². The lowest BCUT2D eigenvalue weighted by Gasteiger charge is -2.15. The van der Waals surface area contributed by atoms with Crippen LogP contribution in [0.5, 0.6) is 17.2 Å². The Bertz CT molecular complexity index is 833. The van der Waals surface area contributed by atoms with E-state index in [1.165, 1.54) is 25.1 Å². The molecule has 0 saturated carbocycles. The van der Waals surface area contributed by atoms with Crippen molar-refractivity contribution in [2.24, 2.45) is 0 Å². The monoisotopic (exact) mass is 412 g/mol.